The standard InChI is InChI=1S/C35H42O2Si/c1-34(2,3)38(4,5)37-26-33-28-22-21-27(25-28)32(33)23-24-36-35(29-15-9-6-10-16-29,30-17-11-7-12-18-30)31-19-13-8-14-20-31/h6-23,27-28,33H,24-26H2,1-5H3/b32-23-/t27-,28+,33+/m1/s1. The van der Waals surface area contributed by atoms with Crippen molar-refractivity contribution < 1.29 is 9.16 Å². The minimum Gasteiger partial charge on any atom is -0.416 e. The highest BCUT2D eigenvalue weighted by molar-refractivity contribution is 6.74. The van der Waals surface area contributed by atoms with Crippen LogP contribution in [0.2, 0.25) is 18.1 Å². The smallest absolute Gasteiger partial charge is 0.192 e. The lowest BCUT2D eigenvalue weighted by Gasteiger charge is -2.38. The van der Waals surface area contributed by atoms with Crippen LogP contribution in [0.3, 0.4) is 0 Å². The zero-order chi connectivity index (χ0) is 26.8. The zero-order valence-corrected chi connectivity index (χ0v) is 24.6. The second-order valence-electron chi connectivity index (χ2n) is 12.4. The summed E-state index contributed by atoms with van der Waals surface area (Å²) in [7, 11) is -1.81. The van der Waals surface area contributed by atoms with Crippen molar-refractivity contribution in [2.45, 2.75) is 50.9 Å². The number of hydrogen-bond donors (Lipinski definition) is 0. The lowest BCUT2D eigenvalue weighted by atomic mass is 9.80. The third-order valence-electron chi connectivity index (χ3n) is 9.08. The van der Waals surface area contributed by atoms with E-state index in [9.17, 15) is 0 Å². The number of hydrogen-bond acceptors (Lipinski definition) is 2. The van der Waals surface area contributed by atoms with E-state index < -0.39 is 13.9 Å². The Hall–Kier alpha value is -2.72. The Morgan fingerprint density at radius 2 is 1.26 bits per heavy atom. The van der Waals surface area contributed by atoms with Gasteiger partial charge in [0.05, 0.1) is 6.61 Å². The van der Waals surface area contributed by atoms with Crippen LogP contribution < -0.4 is 0 Å². The van der Waals surface area contributed by atoms with Crippen LogP contribution in [0.5, 0.6) is 0 Å². The molecule has 2 nitrogen and oxygen atoms in total. The minimum atomic E-state index is -1.81. The summed E-state index contributed by atoms with van der Waals surface area (Å²) in [5, 5.41) is 0.216. The van der Waals surface area contributed by atoms with Crippen LogP contribution in [0.15, 0.2) is 115 Å². The molecule has 3 aromatic carbocycles. The van der Waals surface area contributed by atoms with Gasteiger partial charge in [0.2, 0.25) is 0 Å². The molecule has 0 amide bonds. The Morgan fingerprint density at radius 1 is 0.763 bits per heavy atom. The van der Waals surface area contributed by atoms with Crippen molar-refractivity contribution in [3.63, 3.8) is 0 Å². The van der Waals surface area contributed by atoms with E-state index in [0.29, 0.717) is 24.4 Å². The molecule has 0 saturated heterocycles. The molecule has 2 aliphatic carbocycles. The molecule has 2 bridgehead atoms. The fourth-order valence-corrected chi connectivity index (χ4v) is 6.89. The average molecular weight is 523 g/mol. The van der Waals surface area contributed by atoms with Gasteiger partial charge in [0.1, 0.15) is 5.60 Å². The van der Waals surface area contributed by atoms with Gasteiger partial charge in [0, 0.05) is 12.5 Å². The van der Waals surface area contributed by atoms with Crippen molar-refractivity contribution in [1.29, 1.82) is 0 Å². The van der Waals surface area contributed by atoms with E-state index in [1.165, 1.54) is 12.0 Å². The number of rotatable bonds is 9. The monoisotopic (exact) mass is 522 g/mol. The Balaban J connectivity index is 1.47. The van der Waals surface area contributed by atoms with Crippen LogP contribution in [-0.4, -0.2) is 21.5 Å². The van der Waals surface area contributed by atoms with Crippen molar-refractivity contribution >= 4 is 8.32 Å². The first-order valence-corrected chi connectivity index (χ1v) is 17.0. The fraction of sp³-hybridized carbons (Fsp3) is 0.371. The van der Waals surface area contributed by atoms with Gasteiger partial charge in [0.25, 0.3) is 0 Å². The van der Waals surface area contributed by atoms with Gasteiger partial charge in [-0.15, -0.1) is 0 Å². The molecule has 5 rings (SSSR count). The molecule has 38 heavy (non-hydrogen) atoms. The van der Waals surface area contributed by atoms with Crippen LogP contribution in [0.1, 0.15) is 43.9 Å². The molecule has 0 aromatic heterocycles. The molecule has 3 atom stereocenters. The molecule has 0 spiro atoms. The summed E-state index contributed by atoms with van der Waals surface area (Å²) in [6, 6.07) is 31.9. The van der Waals surface area contributed by atoms with Crippen molar-refractivity contribution in [3.8, 4) is 0 Å². The zero-order valence-electron chi connectivity index (χ0n) is 23.6. The van der Waals surface area contributed by atoms with Gasteiger partial charge in [-0.25, -0.2) is 0 Å². The van der Waals surface area contributed by atoms with Crippen LogP contribution >= 0.6 is 0 Å². The van der Waals surface area contributed by atoms with Gasteiger partial charge in [-0.05, 0) is 53.1 Å². The van der Waals surface area contributed by atoms with E-state index in [-0.39, 0.29) is 5.04 Å². The lowest BCUT2D eigenvalue weighted by Crippen LogP contribution is -2.42. The summed E-state index contributed by atoms with van der Waals surface area (Å²) in [6.45, 7) is 13.0. The Kier molecular flexibility index (Phi) is 7.64. The first-order valence-electron chi connectivity index (χ1n) is 14.1. The fourth-order valence-electron chi connectivity index (χ4n) is 5.86. The van der Waals surface area contributed by atoms with E-state index >= 15 is 0 Å². The summed E-state index contributed by atoms with van der Waals surface area (Å²) in [6.07, 6.45) is 8.40. The normalized spacial score (nSPS) is 22.3. The summed E-state index contributed by atoms with van der Waals surface area (Å²) in [5.41, 5.74) is 4.23. The number of benzene rings is 3. The maximum atomic E-state index is 7.07. The number of allylic oxidation sites excluding steroid dienone is 2. The molecule has 3 aromatic rings. The molecule has 0 unspecified atom stereocenters. The van der Waals surface area contributed by atoms with Crippen molar-refractivity contribution in [3.05, 3.63) is 131 Å². The second-order valence-corrected chi connectivity index (χ2v) is 17.2. The summed E-state index contributed by atoms with van der Waals surface area (Å²) < 4.78 is 13.8. The number of ether oxygens (including phenoxy) is 1. The van der Waals surface area contributed by atoms with E-state index in [0.717, 1.165) is 23.3 Å². The Morgan fingerprint density at radius 3 is 1.74 bits per heavy atom. The molecule has 0 heterocycles. The van der Waals surface area contributed by atoms with E-state index in [1.807, 2.05) is 0 Å². The maximum Gasteiger partial charge on any atom is 0.192 e. The molecule has 0 radical (unpaired) electrons. The highest BCUT2D eigenvalue weighted by atomic mass is 28.4. The van der Waals surface area contributed by atoms with Gasteiger partial charge < -0.3 is 9.16 Å². The van der Waals surface area contributed by atoms with Crippen molar-refractivity contribution in [1.82, 2.24) is 0 Å². The minimum absolute atomic E-state index is 0.216. The van der Waals surface area contributed by atoms with Gasteiger partial charge in [0.15, 0.2) is 8.32 Å². The second kappa shape index (κ2) is 10.8. The lowest BCUT2D eigenvalue weighted by molar-refractivity contribution is 0.0313. The maximum absolute atomic E-state index is 7.07. The highest BCUT2D eigenvalue weighted by Crippen LogP contribution is 2.49. The molecular formula is C35H42O2Si. The quantitative estimate of drug-likeness (QED) is 0.159. The van der Waals surface area contributed by atoms with Gasteiger partial charge in [-0.1, -0.05) is 136 Å². The first-order chi connectivity index (χ1) is 18.2. The number of fused-ring (bicyclic) bond motifs is 2. The predicted molar refractivity (Wildman–Crippen MR) is 161 cm³/mol. The molecule has 1 fully saturated rings. The Bertz CT molecular complexity index is 1160. The predicted octanol–water partition coefficient (Wildman–Crippen LogP) is 8.77. The van der Waals surface area contributed by atoms with Gasteiger partial charge in [-0.3, -0.25) is 0 Å². The topological polar surface area (TPSA) is 18.5 Å². The largest absolute Gasteiger partial charge is 0.416 e. The van der Waals surface area contributed by atoms with Crippen LogP contribution in [0, 0.1) is 17.8 Å². The molecule has 3 heteroatoms. The highest BCUT2D eigenvalue weighted by Gasteiger charge is 2.44. The Labute approximate surface area is 230 Å². The molecular weight excluding hydrogens is 480 g/mol. The third-order valence-corrected chi connectivity index (χ3v) is 13.6. The third kappa shape index (κ3) is 5.12. The summed E-state index contributed by atoms with van der Waals surface area (Å²) >= 11 is 0. The average Bonchev–Trinajstić information content (AvgIpc) is 3.53. The van der Waals surface area contributed by atoms with E-state index in [4.69, 9.17) is 9.16 Å². The van der Waals surface area contributed by atoms with E-state index in [2.05, 4.69) is 143 Å². The van der Waals surface area contributed by atoms with Crippen LogP contribution in [-0.2, 0) is 14.8 Å². The SMILES string of the molecule is CC(C)(C)[Si](C)(C)OC[C@@H]1/C(=C\COC(c2ccccc2)(c2ccccc2)c2ccccc2)[C@@H]2C=C[C@H]1C2. The van der Waals surface area contributed by atoms with Crippen molar-refractivity contribution in [2.24, 2.45) is 17.8 Å². The van der Waals surface area contributed by atoms with E-state index in [1.54, 1.807) is 0 Å². The van der Waals surface area contributed by atoms with Crippen LogP contribution in [0.25, 0.3) is 0 Å². The van der Waals surface area contributed by atoms with Gasteiger partial charge >= 0.3 is 0 Å². The van der Waals surface area contributed by atoms with Crippen molar-refractivity contribution in [2.75, 3.05) is 13.2 Å². The molecule has 1 saturated carbocycles. The molecule has 0 N–H and O–H groups in total. The first kappa shape index (κ1) is 26.9. The molecule has 198 valence electrons. The van der Waals surface area contributed by atoms with Gasteiger partial charge in [-0.2, -0.15) is 0 Å². The summed E-state index contributed by atoms with van der Waals surface area (Å²) in [5.74, 6) is 1.54. The molecule has 0 aliphatic heterocycles. The molecule has 2 aliphatic rings. The summed E-state index contributed by atoms with van der Waals surface area (Å²) in [4.78, 5) is 0. The van der Waals surface area contributed by atoms with Crippen LogP contribution in [0.4, 0.5) is 0 Å².